The smallest absolute Gasteiger partial charge is 0.325 e. The predicted molar refractivity (Wildman–Crippen MR) is 183 cm³/mol. The first kappa shape index (κ1) is 46.4. The Hall–Kier alpha value is -4.60. The first-order valence-electron chi connectivity index (χ1n) is 16.4. The Morgan fingerprint density at radius 1 is 0.647 bits per heavy atom. The molecule has 292 valence electrons. The van der Waals surface area contributed by atoms with Crippen LogP contribution in [0, 0.1) is 11.8 Å². The Morgan fingerprint density at radius 3 is 1.61 bits per heavy atom. The number of hydrogen-bond acceptors (Lipinski definition) is 12. The van der Waals surface area contributed by atoms with Crippen LogP contribution < -0.4 is 49.1 Å². The van der Waals surface area contributed by atoms with Crippen LogP contribution in [-0.2, 0) is 33.6 Å². The Balaban J connectivity index is 6.17. The number of guanidine groups is 1. The quantitative estimate of drug-likeness (QED) is 0.0265. The first-order chi connectivity index (χ1) is 23.7. The lowest BCUT2D eigenvalue weighted by Gasteiger charge is -2.29. The third-order valence-electron chi connectivity index (χ3n) is 7.31. The van der Waals surface area contributed by atoms with Gasteiger partial charge in [-0.3, -0.25) is 38.6 Å². The van der Waals surface area contributed by atoms with Gasteiger partial charge in [-0.1, -0.05) is 27.7 Å². The SMILES string of the molecule is CC(C)C[C@H](NC(=O)[C@H](CO)NC(=O)[C@@H](N)CO)C(=O)N[C@H](C(=O)N[C@@H](CCCN=C(N)N)C(=O)N[C@H](C(=O)N[C@@H](C)C(=O)O)[C@@H](C)O)C(C)C. The van der Waals surface area contributed by atoms with E-state index >= 15 is 0 Å². The number of hydrogen-bond donors (Lipinski definition) is 13. The summed E-state index contributed by atoms with van der Waals surface area (Å²) in [6, 6.07) is -9.71. The number of aliphatic imine (C=N–C) groups is 1. The average Bonchev–Trinajstić information content (AvgIpc) is 3.03. The van der Waals surface area contributed by atoms with Gasteiger partial charge >= 0.3 is 5.97 Å². The van der Waals surface area contributed by atoms with Crippen molar-refractivity contribution in [1.82, 2.24) is 31.9 Å². The minimum atomic E-state index is -1.61. The lowest BCUT2D eigenvalue weighted by Crippen LogP contribution is -2.62. The minimum Gasteiger partial charge on any atom is -0.480 e. The van der Waals surface area contributed by atoms with Crippen molar-refractivity contribution in [1.29, 1.82) is 0 Å². The maximum atomic E-state index is 13.6. The largest absolute Gasteiger partial charge is 0.480 e. The number of aliphatic hydroxyl groups excluding tert-OH is 3. The number of amides is 6. The van der Waals surface area contributed by atoms with Gasteiger partial charge < -0.3 is 69.5 Å². The van der Waals surface area contributed by atoms with Crippen LogP contribution in [-0.4, -0.2) is 136 Å². The van der Waals surface area contributed by atoms with Gasteiger partial charge in [0, 0.05) is 6.54 Å². The molecule has 51 heavy (non-hydrogen) atoms. The summed E-state index contributed by atoms with van der Waals surface area (Å²) in [4.78, 5) is 93.3. The summed E-state index contributed by atoms with van der Waals surface area (Å²) < 4.78 is 0. The Morgan fingerprint density at radius 2 is 1.14 bits per heavy atom. The van der Waals surface area contributed by atoms with E-state index in [4.69, 9.17) is 27.4 Å². The fraction of sp³-hybridized carbons (Fsp3) is 0.733. The van der Waals surface area contributed by atoms with Gasteiger partial charge in [-0.2, -0.15) is 0 Å². The van der Waals surface area contributed by atoms with Crippen molar-refractivity contribution in [3.8, 4) is 0 Å². The van der Waals surface area contributed by atoms with Crippen LogP contribution in [0.5, 0.6) is 0 Å². The van der Waals surface area contributed by atoms with Crippen LogP contribution in [0.25, 0.3) is 0 Å². The third kappa shape index (κ3) is 17.3. The van der Waals surface area contributed by atoms with E-state index in [1.165, 1.54) is 13.8 Å². The number of nitrogens with one attached hydrogen (secondary N) is 6. The molecule has 0 fully saturated rings. The molecule has 0 aliphatic rings. The lowest BCUT2D eigenvalue weighted by atomic mass is 9.99. The number of aliphatic hydroxyl groups is 3. The summed E-state index contributed by atoms with van der Waals surface area (Å²) in [7, 11) is 0. The van der Waals surface area contributed by atoms with Crippen molar-refractivity contribution in [2.45, 2.75) is 109 Å². The highest BCUT2D eigenvalue weighted by molar-refractivity contribution is 5.97. The maximum Gasteiger partial charge on any atom is 0.325 e. The fourth-order valence-electron chi connectivity index (χ4n) is 4.38. The van der Waals surface area contributed by atoms with Crippen molar-refractivity contribution < 1.29 is 54.0 Å². The Bertz CT molecular complexity index is 1230. The highest BCUT2D eigenvalue weighted by Crippen LogP contribution is 2.10. The molecule has 0 aliphatic carbocycles. The van der Waals surface area contributed by atoms with E-state index in [1.807, 2.05) is 0 Å². The average molecular weight is 733 g/mol. The summed E-state index contributed by atoms with van der Waals surface area (Å²) in [6.07, 6.45) is -1.32. The molecule has 0 spiro atoms. The molecule has 0 unspecified atom stereocenters. The second-order valence-corrected chi connectivity index (χ2v) is 12.8. The number of rotatable bonds is 23. The molecule has 6 amide bonds. The Kier molecular flexibility index (Phi) is 20.9. The minimum absolute atomic E-state index is 0.0561. The van der Waals surface area contributed by atoms with E-state index in [1.54, 1.807) is 27.7 Å². The second kappa shape index (κ2) is 23.0. The van der Waals surface area contributed by atoms with Gasteiger partial charge in [0.2, 0.25) is 35.4 Å². The number of aliphatic carboxylic acids is 1. The van der Waals surface area contributed by atoms with E-state index in [2.05, 4.69) is 36.9 Å². The third-order valence-corrected chi connectivity index (χ3v) is 7.31. The molecule has 21 heteroatoms. The molecule has 0 rings (SSSR count). The fourth-order valence-corrected chi connectivity index (χ4v) is 4.38. The van der Waals surface area contributed by atoms with Crippen molar-refractivity contribution in [2.24, 2.45) is 34.0 Å². The van der Waals surface area contributed by atoms with Crippen molar-refractivity contribution >= 4 is 47.4 Å². The van der Waals surface area contributed by atoms with Crippen molar-refractivity contribution in [3.05, 3.63) is 0 Å². The topological polar surface area (TPSA) is 363 Å². The zero-order chi connectivity index (χ0) is 39.6. The molecule has 0 radical (unpaired) electrons. The zero-order valence-corrected chi connectivity index (χ0v) is 29.8. The monoisotopic (exact) mass is 732 g/mol. The highest BCUT2D eigenvalue weighted by atomic mass is 16.4. The van der Waals surface area contributed by atoms with E-state index in [9.17, 15) is 43.8 Å². The van der Waals surface area contributed by atoms with Crippen molar-refractivity contribution in [2.75, 3.05) is 19.8 Å². The molecule has 0 aromatic heterocycles. The lowest BCUT2D eigenvalue weighted by molar-refractivity contribution is -0.142. The van der Waals surface area contributed by atoms with Crippen LogP contribution in [0.2, 0.25) is 0 Å². The van der Waals surface area contributed by atoms with Gasteiger partial charge in [-0.05, 0) is 44.9 Å². The molecule has 0 heterocycles. The van der Waals surface area contributed by atoms with Gasteiger partial charge in [0.15, 0.2) is 5.96 Å². The molecular weight excluding hydrogens is 676 g/mol. The Labute approximate surface area is 296 Å². The number of carbonyl (C=O) groups is 7. The molecule has 8 atom stereocenters. The number of carbonyl (C=O) groups excluding carboxylic acids is 6. The summed E-state index contributed by atoms with van der Waals surface area (Å²) in [5.74, 6) is -7.71. The molecule has 0 bridgehead atoms. The predicted octanol–water partition coefficient (Wildman–Crippen LogP) is -5.55. The van der Waals surface area contributed by atoms with E-state index in [0.717, 1.165) is 0 Å². The van der Waals surface area contributed by atoms with Crippen molar-refractivity contribution in [3.63, 3.8) is 0 Å². The number of carboxylic acids is 1. The number of nitrogens with zero attached hydrogens (tertiary/aromatic N) is 1. The first-order valence-corrected chi connectivity index (χ1v) is 16.4. The molecule has 0 aromatic rings. The van der Waals surface area contributed by atoms with Crippen LogP contribution in [0.4, 0.5) is 0 Å². The summed E-state index contributed by atoms with van der Waals surface area (Å²) in [5.41, 5.74) is 16.2. The molecule has 0 aromatic carbocycles. The van der Waals surface area contributed by atoms with Gasteiger partial charge in [0.1, 0.15) is 42.3 Å². The summed E-state index contributed by atoms with van der Waals surface area (Å²) >= 11 is 0. The van der Waals surface area contributed by atoms with Crippen LogP contribution in [0.1, 0.15) is 60.8 Å². The van der Waals surface area contributed by atoms with Crippen LogP contribution in [0.15, 0.2) is 4.99 Å². The van der Waals surface area contributed by atoms with Crippen LogP contribution in [0.3, 0.4) is 0 Å². The van der Waals surface area contributed by atoms with E-state index < -0.39 is 109 Å². The number of nitrogens with two attached hydrogens (primary N) is 3. The van der Waals surface area contributed by atoms with Gasteiger partial charge in [-0.25, -0.2) is 0 Å². The van der Waals surface area contributed by atoms with E-state index in [-0.39, 0.29) is 37.7 Å². The molecule has 0 saturated heterocycles. The standard InChI is InChI=1S/C30H56N10O11/c1-13(2)10-19(37-26(47)20(12-42)38-23(44)17(31)11-41)25(46)39-21(14(3)4)27(48)36-18(8-7-9-34-30(32)33)24(45)40-22(16(6)43)28(49)35-15(5)29(50)51/h13-22,41-43H,7-12,31H2,1-6H3,(H,35,49)(H,36,48)(H,37,47)(H,38,44)(H,39,46)(H,40,45)(H,50,51)(H4,32,33,34)/t15-,16+,17-,18-,19-,20-,21-,22-/m0/s1. The highest BCUT2D eigenvalue weighted by Gasteiger charge is 2.35. The van der Waals surface area contributed by atoms with Gasteiger partial charge in [0.25, 0.3) is 0 Å². The zero-order valence-electron chi connectivity index (χ0n) is 29.8. The van der Waals surface area contributed by atoms with Gasteiger partial charge in [-0.15, -0.1) is 0 Å². The van der Waals surface area contributed by atoms with Crippen LogP contribution >= 0.6 is 0 Å². The number of carboxylic acid groups (broad SMARTS) is 1. The summed E-state index contributed by atoms with van der Waals surface area (Å²) in [6.45, 7) is 7.60. The molecular formula is C30H56N10O11. The summed E-state index contributed by atoms with van der Waals surface area (Å²) in [5, 5.41) is 52.3. The molecule has 16 N–H and O–H groups in total. The van der Waals surface area contributed by atoms with Gasteiger partial charge in [0.05, 0.1) is 19.3 Å². The second-order valence-electron chi connectivity index (χ2n) is 12.8. The maximum absolute atomic E-state index is 13.6. The normalized spacial score (nSPS) is 15.8. The molecule has 0 aliphatic heterocycles. The molecule has 0 saturated carbocycles. The molecule has 21 nitrogen and oxygen atoms in total. The van der Waals surface area contributed by atoms with E-state index in [0.29, 0.717) is 0 Å².